The molecule has 0 saturated heterocycles. The van der Waals surface area contributed by atoms with Crippen molar-refractivity contribution in [1.82, 2.24) is 9.55 Å². The van der Waals surface area contributed by atoms with Crippen LogP contribution in [0.25, 0.3) is 11.3 Å². The quantitative estimate of drug-likeness (QED) is 0.896. The minimum Gasteiger partial charge on any atom is -0.384 e. The Morgan fingerprint density at radius 3 is 2.95 bits per heavy atom. The number of nitrogens with one attached hydrogen (secondary N) is 1. The van der Waals surface area contributed by atoms with Crippen LogP contribution in [0.1, 0.15) is 38.2 Å². The Kier molecular flexibility index (Phi) is 2.62. The molecule has 1 aliphatic carbocycles. The summed E-state index contributed by atoms with van der Waals surface area (Å²) in [5.74, 6) is 0. The summed E-state index contributed by atoms with van der Waals surface area (Å²) in [5, 5.41) is 3.59. The van der Waals surface area contributed by atoms with Gasteiger partial charge in [0.2, 0.25) is 0 Å². The van der Waals surface area contributed by atoms with Crippen LogP contribution in [-0.4, -0.2) is 16.1 Å². The minimum absolute atomic E-state index is 0.267. The minimum atomic E-state index is 0.267. The molecule has 0 amide bonds. The van der Waals surface area contributed by atoms with Gasteiger partial charge in [-0.15, -0.1) is 0 Å². The fourth-order valence-corrected chi connectivity index (χ4v) is 3.58. The summed E-state index contributed by atoms with van der Waals surface area (Å²) in [6.07, 6.45) is 10.3. The predicted octanol–water partition coefficient (Wildman–Crippen LogP) is 3.81. The Balaban J connectivity index is 1.84. The Morgan fingerprint density at radius 2 is 2.15 bits per heavy atom. The average Bonchev–Trinajstić information content (AvgIpc) is 2.93. The van der Waals surface area contributed by atoms with Crippen LogP contribution in [0.15, 0.2) is 30.7 Å². The summed E-state index contributed by atoms with van der Waals surface area (Å²) in [6, 6.07) is 6.66. The van der Waals surface area contributed by atoms with Crippen molar-refractivity contribution in [2.24, 2.45) is 0 Å². The lowest BCUT2D eigenvalue weighted by Crippen LogP contribution is -2.37. The molecule has 3 heteroatoms. The summed E-state index contributed by atoms with van der Waals surface area (Å²) >= 11 is 0. The molecular formula is C17H21N3. The number of aryl methyl sites for hydroxylation is 1. The number of benzene rings is 1. The van der Waals surface area contributed by atoms with Gasteiger partial charge in [0.1, 0.15) is 0 Å². The van der Waals surface area contributed by atoms with Crippen molar-refractivity contribution in [3.63, 3.8) is 0 Å². The fraction of sp³-hybridized carbons (Fsp3) is 0.471. The van der Waals surface area contributed by atoms with E-state index in [1.54, 1.807) is 0 Å². The number of nitrogens with zero attached hydrogens (tertiary/aromatic N) is 2. The molecule has 20 heavy (non-hydrogen) atoms. The molecule has 2 aliphatic rings. The van der Waals surface area contributed by atoms with Gasteiger partial charge < -0.3 is 9.88 Å². The first kappa shape index (κ1) is 12.0. The van der Waals surface area contributed by atoms with Crippen molar-refractivity contribution in [2.45, 2.75) is 44.6 Å². The summed E-state index contributed by atoms with van der Waals surface area (Å²) in [7, 11) is 0. The topological polar surface area (TPSA) is 29.9 Å². The van der Waals surface area contributed by atoms with Crippen LogP contribution in [0, 0.1) is 0 Å². The average molecular weight is 267 g/mol. The van der Waals surface area contributed by atoms with Gasteiger partial charge >= 0.3 is 0 Å². The maximum Gasteiger partial charge on any atom is 0.0956 e. The molecule has 1 aromatic heterocycles. The number of hydrogen-bond donors (Lipinski definition) is 1. The van der Waals surface area contributed by atoms with E-state index in [9.17, 15) is 0 Å². The highest BCUT2D eigenvalue weighted by Crippen LogP contribution is 2.43. The third-order valence-electron chi connectivity index (χ3n) is 5.00. The monoisotopic (exact) mass is 267 g/mol. The highest BCUT2D eigenvalue weighted by molar-refractivity contribution is 5.79. The van der Waals surface area contributed by atoms with Gasteiger partial charge in [-0.05, 0) is 44.6 Å². The smallest absolute Gasteiger partial charge is 0.0956 e. The van der Waals surface area contributed by atoms with E-state index >= 15 is 0 Å². The maximum absolute atomic E-state index is 4.43. The van der Waals surface area contributed by atoms with Crippen LogP contribution in [0.4, 0.5) is 5.69 Å². The number of para-hydroxylation sites is 1. The second-order valence-corrected chi connectivity index (χ2v) is 6.37. The van der Waals surface area contributed by atoms with E-state index in [2.05, 4.69) is 40.0 Å². The Labute approximate surface area is 120 Å². The molecule has 0 unspecified atom stereocenters. The SMILES string of the molecule is CC1(n2cncc2-c2cccc3c2NCCC3)CCC1. The summed E-state index contributed by atoms with van der Waals surface area (Å²) in [6.45, 7) is 3.43. The van der Waals surface area contributed by atoms with Crippen molar-refractivity contribution in [3.8, 4) is 11.3 Å². The van der Waals surface area contributed by atoms with Gasteiger partial charge in [-0.3, -0.25) is 0 Å². The number of aromatic nitrogens is 2. The van der Waals surface area contributed by atoms with Crippen LogP contribution in [0.2, 0.25) is 0 Å². The number of rotatable bonds is 2. The van der Waals surface area contributed by atoms with E-state index in [1.165, 1.54) is 54.6 Å². The van der Waals surface area contributed by atoms with Gasteiger partial charge in [0.05, 0.1) is 18.2 Å². The number of fused-ring (bicyclic) bond motifs is 1. The van der Waals surface area contributed by atoms with Crippen molar-refractivity contribution in [2.75, 3.05) is 11.9 Å². The Hall–Kier alpha value is -1.77. The number of anilines is 1. The molecule has 2 aromatic rings. The number of hydrogen-bond acceptors (Lipinski definition) is 2. The molecule has 0 atom stereocenters. The molecule has 4 rings (SSSR count). The van der Waals surface area contributed by atoms with Gasteiger partial charge in [-0.2, -0.15) is 0 Å². The number of imidazole rings is 1. The van der Waals surface area contributed by atoms with E-state index in [1.807, 2.05) is 12.5 Å². The van der Waals surface area contributed by atoms with E-state index in [4.69, 9.17) is 0 Å². The largest absolute Gasteiger partial charge is 0.384 e. The van der Waals surface area contributed by atoms with Crippen LogP contribution in [0.5, 0.6) is 0 Å². The normalized spacial score (nSPS) is 19.9. The highest BCUT2D eigenvalue weighted by Gasteiger charge is 2.35. The molecule has 2 heterocycles. The standard InChI is InChI=1S/C17H21N3/c1-17(8-4-9-17)20-12-18-11-15(20)14-7-2-5-13-6-3-10-19-16(13)14/h2,5,7,11-12,19H,3-4,6,8-10H2,1H3. The zero-order valence-electron chi connectivity index (χ0n) is 12.0. The first-order valence-corrected chi connectivity index (χ1v) is 7.67. The first-order valence-electron chi connectivity index (χ1n) is 7.67. The molecule has 1 N–H and O–H groups in total. The molecule has 3 nitrogen and oxygen atoms in total. The highest BCUT2D eigenvalue weighted by atomic mass is 15.1. The molecule has 1 saturated carbocycles. The second-order valence-electron chi connectivity index (χ2n) is 6.37. The third-order valence-corrected chi connectivity index (χ3v) is 5.00. The molecule has 1 aliphatic heterocycles. The molecule has 0 spiro atoms. The molecule has 104 valence electrons. The Bertz CT molecular complexity index is 637. The van der Waals surface area contributed by atoms with Crippen LogP contribution < -0.4 is 5.32 Å². The first-order chi connectivity index (χ1) is 9.78. The Morgan fingerprint density at radius 1 is 1.25 bits per heavy atom. The molecule has 0 radical (unpaired) electrons. The summed E-state index contributed by atoms with van der Waals surface area (Å²) < 4.78 is 2.39. The molecular weight excluding hydrogens is 246 g/mol. The van der Waals surface area contributed by atoms with Crippen LogP contribution in [0.3, 0.4) is 0 Å². The van der Waals surface area contributed by atoms with E-state index < -0.39 is 0 Å². The van der Waals surface area contributed by atoms with Gasteiger partial charge in [0.15, 0.2) is 0 Å². The van der Waals surface area contributed by atoms with E-state index in [0.717, 1.165) is 6.54 Å². The van der Waals surface area contributed by atoms with Crippen molar-refractivity contribution in [1.29, 1.82) is 0 Å². The lowest BCUT2D eigenvalue weighted by molar-refractivity contribution is 0.171. The van der Waals surface area contributed by atoms with Crippen LogP contribution in [-0.2, 0) is 12.0 Å². The van der Waals surface area contributed by atoms with Crippen molar-refractivity contribution < 1.29 is 0 Å². The zero-order chi connectivity index (χ0) is 13.6. The third kappa shape index (κ3) is 1.69. The van der Waals surface area contributed by atoms with Gasteiger partial charge in [0, 0.05) is 23.3 Å². The predicted molar refractivity (Wildman–Crippen MR) is 82.0 cm³/mol. The summed E-state index contributed by atoms with van der Waals surface area (Å²) in [5.41, 5.74) is 5.61. The fourth-order valence-electron chi connectivity index (χ4n) is 3.58. The van der Waals surface area contributed by atoms with Gasteiger partial charge in [-0.1, -0.05) is 18.2 Å². The van der Waals surface area contributed by atoms with Gasteiger partial charge in [0.25, 0.3) is 0 Å². The van der Waals surface area contributed by atoms with E-state index in [0.29, 0.717) is 0 Å². The maximum atomic E-state index is 4.43. The second kappa shape index (κ2) is 4.37. The van der Waals surface area contributed by atoms with Crippen LogP contribution >= 0.6 is 0 Å². The van der Waals surface area contributed by atoms with Crippen molar-refractivity contribution >= 4 is 5.69 Å². The summed E-state index contributed by atoms with van der Waals surface area (Å²) in [4.78, 5) is 4.43. The molecule has 0 bridgehead atoms. The molecule has 1 aromatic carbocycles. The van der Waals surface area contributed by atoms with E-state index in [-0.39, 0.29) is 5.54 Å². The molecule has 1 fully saturated rings. The zero-order valence-corrected chi connectivity index (χ0v) is 12.0. The van der Waals surface area contributed by atoms with Crippen molar-refractivity contribution in [3.05, 3.63) is 36.3 Å². The lowest BCUT2D eigenvalue weighted by Gasteiger charge is -2.41. The van der Waals surface area contributed by atoms with Gasteiger partial charge in [-0.25, -0.2) is 4.98 Å². The lowest BCUT2D eigenvalue weighted by atomic mass is 9.78.